The number of hydrogen-bond acceptors (Lipinski definition) is 12. The molecule has 1 amide bonds. The molecule has 2 aromatic heterocycles. The fourth-order valence-corrected chi connectivity index (χ4v) is 5.35. The van der Waals surface area contributed by atoms with Crippen LogP contribution in [0.5, 0.6) is 0 Å². The SMILES string of the molecule is C[C@@]1(O)[C@H](O)[C@@H](COP(=O)(O)OP(=O)(O)O)O[C@H]1n1cc2c3c(ncnc31)NC(=O)C=C2NN. The van der Waals surface area contributed by atoms with Crippen LogP contribution < -0.4 is 16.6 Å². The van der Waals surface area contributed by atoms with E-state index in [2.05, 4.69) is 29.5 Å². The summed E-state index contributed by atoms with van der Waals surface area (Å²) in [5.41, 5.74) is 1.13. The number of aliphatic hydroxyl groups is 2. The molecule has 1 unspecified atom stereocenters. The average molecular weight is 522 g/mol. The third-order valence-electron chi connectivity index (χ3n) is 5.19. The van der Waals surface area contributed by atoms with Crippen molar-refractivity contribution in [2.75, 3.05) is 11.9 Å². The second-order valence-electron chi connectivity index (χ2n) is 7.60. The Bertz CT molecular complexity index is 1270. The number of aromatic nitrogens is 3. The molecule has 2 aliphatic rings. The van der Waals surface area contributed by atoms with Gasteiger partial charge < -0.3 is 44.9 Å². The second-order valence-corrected chi connectivity index (χ2v) is 10.4. The number of phosphoric ester groups is 1. The van der Waals surface area contributed by atoms with Crippen LogP contribution in [-0.2, 0) is 27.5 Å². The van der Waals surface area contributed by atoms with Gasteiger partial charge in [0.1, 0.15) is 35.6 Å². The highest BCUT2D eigenvalue weighted by Gasteiger charge is 2.54. The summed E-state index contributed by atoms with van der Waals surface area (Å²) in [7, 11) is -10.6. The van der Waals surface area contributed by atoms with Gasteiger partial charge in [-0.05, 0) is 6.92 Å². The van der Waals surface area contributed by atoms with Crippen LogP contribution in [0.3, 0.4) is 0 Å². The number of carbonyl (C=O) groups excluding carboxylic acids is 1. The fraction of sp³-hybridized carbons (Fsp3) is 0.400. The molecule has 4 rings (SSSR count). The Kier molecular flexibility index (Phi) is 6.17. The number of rotatable bonds is 7. The Labute approximate surface area is 190 Å². The van der Waals surface area contributed by atoms with E-state index in [0.29, 0.717) is 10.9 Å². The molecule has 186 valence electrons. The molecule has 0 radical (unpaired) electrons. The zero-order valence-corrected chi connectivity index (χ0v) is 19.0. The number of hydrazine groups is 1. The summed E-state index contributed by atoms with van der Waals surface area (Å²) in [5, 5.41) is 24.5. The van der Waals surface area contributed by atoms with Crippen LogP contribution in [0.1, 0.15) is 18.7 Å². The number of hydrogen-bond donors (Lipinski definition) is 8. The van der Waals surface area contributed by atoms with E-state index in [4.69, 9.17) is 20.4 Å². The van der Waals surface area contributed by atoms with Crippen molar-refractivity contribution in [3.8, 4) is 0 Å². The normalized spacial score (nSPS) is 28.9. The van der Waals surface area contributed by atoms with Crippen molar-refractivity contribution in [1.82, 2.24) is 20.0 Å². The van der Waals surface area contributed by atoms with Crippen molar-refractivity contribution in [1.29, 1.82) is 0 Å². The van der Waals surface area contributed by atoms with Crippen molar-refractivity contribution in [2.45, 2.75) is 31.0 Å². The van der Waals surface area contributed by atoms with Gasteiger partial charge in [0.2, 0.25) is 0 Å². The summed E-state index contributed by atoms with van der Waals surface area (Å²) >= 11 is 0. The number of aliphatic hydroxyl groups excluding tert-OH is 1. The number of nitrogens with two attached hydrogens (primary N) is 1. The first-order valence-electron chi connectivity index (χ1n) is 9.39. The lowest BCUT2D eigenvalue weighted by molar-refractivity contribution is -0.111. The summed E-state index contributed by atoms with van der Waals surface area (Å²) in [5.74, 6) is 5.20. The van der Waals surface area contributed by atoms with Crippen LogP contribution in [0.4, 0.5) is 5.82 Å². The Morgan fingerprint density at radius 2 is 2.06 bits per heavy atom. The highest BCUT2D eigenvalue weighted by Crippen LogP contribution is 2.58. The van der Waals surface area contributed by atoms with Gasteiger partial charge in [0.15, 0.2) is 6.23 Å². The number of nitrogens with one attached hydrogen (secondary N) is 2. The van der Waals surface area contributed by atoms with Gasteiger partial charge in [0.05, 0.1) is 17.7 Å². The minimum absolute atomic E-state index is 0.152. The molecule has 0 spiro atoms. The summed E-state index contributed by atoms with van der Waals surface area (Å²) < 4.78 is 37.8. The van der Waals surface area contributed by atoms with Gasteiger partial charge in [0.25, 0.3) is 5.91 Å². The molecular weight excluding hydrogens is 502 g/mol. The van der Waals surface area contributed by atoms with E-state index < -0.39 is 52.2 Å². The largest absolute Gasteiger partial charge is 0.481 e. The molecule has 1 fully saturated rings. The second kappa shape index (κ2) is 8.44. The molecule has 34 heavy (non-hydrogen) atoms. The van der Waals surface area contributed by atoms with Gasteiger partial charge >= 0.3 is 15.6 Å². The minimum atomic E-state index is -5.35. The number of anilines is 1. The van der Waals surface area contributed by atoms with E-state index in [9.17, 15) is 29.0 Å². The lowest BCUT2D eigenvalue weighted by atomic mass is 9.96. The van der Waals surface area contributed by atoms with E-state index >= 15 is 0 Å². The molecule has 5 atom stereocenters. The van der Waals surface area contributed by atoms with Crippen LogP contribution >= 0.6 is 15.6 Å². The zero-order chi connectivity index (χ0) is 25.1. The van der Waals surface area contributed by atoms with Gasteiger partial charge in [0, 0.05) is 17.8 Å². The molecule has 9 N–H and O–H groups in total. The first kappa shape index (κ1) is 24.8. The van der Waals surface area contributed by atoms with Gasteiger partial charge in [-0.25, -0.2) is 19.1 Å². The van der Waals surface area contributed by atoms with E-state index in [1.165, 1.54) is 23.8 Å². The molecule has 0 aliphatic carbocycles. The average Bonchev–Trinajstić information content (AvgIpc) is 3.13. The smallest absolute Gasteiger partial charge is 0.387 e. The van der Waals surface area contributed by atoms with Crippen molar-refractivity contribution in [3.05, 3.63) is 24.2 Å². The first-order chi connectivity index (χ1) is 15.7. The Hall–Kier alpha value is -2.27. The van der Waals surface area contributed by atoms with E-state index in [0.717, 1.165) is 6.33 Å². The van der Waals surface area contributed by atoms with Gasteiger partial charge in [-0.1, -0.05) is 0 Å². The number of nitrogens with zero attached hydrogens (tertiary/aromatic N) is 3. The number of amides is 1. The number of ether oxygens (including phenoxy) is 1. The van der Waals surface area contributed by atoms with Crippen molar-refractivity contribution in [2.24, 2.45) is 5.84 Å². The fourth-order valence-electron chi connectivity index (χ4n) is 3.75. The zero-order valence-electron chi connectivity index (χ0n) is 17.2. The molecule has 0 aromatic carbocycles. The van der Waals surface area contributed by atoms with Gasteiger partial charge in [-0.15, -0.1) is 0 Å². The molecule has 0 saturated carbocycles. The molecule has 0 bridgehead atoms. The van der Waals surface area contributed by atoms with Crippen LogP contribution in [0.2, 0.25) is 0 Å². The third-order valence-corrected chi connectivity index (χ3v) is 7.34. The monoisotopic (exact) mass is 522 g/mol. The minimum Gasteiger partial charge on any atom is -0.387 e. The first-order valence-corrected chi connectivity index (χ1v) is 12.4. The maximum absolute atomic E-state index is 12.1. The Morgan fingerprint density at radius 1 is 1.35 bits per heavy atom. The molecule has 19 heteroatoms. The Morgan fingerprint density at radius 3 is 2.71 bits per heavy atom. The predicted octanol–water partition coefficient (Wildman–Crippen LogP) is -1.58. The lowest BCUT2D eigenvalue weighted by Gasteiger charge is -2.27. The summed E-state index contributed by atoms with van der Waals surface area (Å²) in [6.45, 7) is 0.353. The molecule has 1 saturated heterocycles. The summed E-state index contributed by atoms with van der Waals surface area (Å²) in [6, 6.07) is 0. The summed E-state index contributed by atoms with van der Waals surface area (Å²) in [6.07, 6.45) is -0.688. The standard InChI is InChI=1S/C15H20N6O11P2/c1-15(24)11(23)8(4-30-34(28,29)32-33(25,26)27)31-14(15)21-3-6-7(20-16)2-9(22)19-12-10(6)13(21)18-5-17-12/h2-3,5,8,11,14,20,23-24H,4,16H2,1H3,(H,28,29)(H2,25,26,27)(H,17,18,19,22)/t8-,11-,14-,15-/m1/s1. The van der Waals surface area contributed by atoms with E-state index in [-0.39, 0.29) is 17.2 Å². The van der Waals surface area contributed by atoms with E-state index in [1.54, 1.807) is 0 Å². The highest BCUT2D eigenvalue weighted by molar-refractivity contribution is 7.60. The third kappa shape index (κ3) is 4.51. The highest BCUT2D eigenvalue weighted by atomic mass is 31.3. The quantitative estimate of drug-likeness (QED) is 0.116. The topological polar surface area (TPSA) is 261 Å². The lowest BCUT2D eigenvalue weighted by Crippen LogP contribution is -2.44. The predicted molar refractivity (Wildman–Crippen MR) is 111 cm³/mol. The number of phosphoric acid groups is 2. The van der Waals surface area contributed by atoms with Crippen molar-refractivity contribution >= 4 is 44.1 Å². The Balaban J connectivity index is 1.68. The van der Waals surface area contributed by atoms with Gasteiger partial charge in [-0.3, -0.25) is 15.2 Å². The molecule has 17 nitrogen and oxygen atoms in total. The van der Waals surface area contributed by atoms with Crippen LogP contribution in [-0.4, -0.2) is 69.8 Å². The van der Waals surface area contributed by atoms with Gasteiger partial charge in [-0.2, -0.15) is 4.31 Å². The van der Waals surface area contributed by atoms with Crippen LogP contribution in [0.15, 0.2) is 18.6 Å². The van der Waals surface area contributed by atoms with Crippen molar-refractivity contribution < 1.29 is 52.4 Å². The van der Waals surface area contributed by atoms with Crippen LogP contribution in [0.25, 0.3) is 16.7 Å². The van der Waals surface area contributed by atoms with E-state index in [1.807, 2.05) is 0 Å². The number of carbonyl (C=O) groups is 1. The molecule has 2 aliphatic heterocycles. The van der Waals surface area contributed by atoms with Crippen molar-refractivity contribution in [3.63, 3.8) is 0 Å². The summed E-state index contributed by atoms with van der Waals surface area (Å²) in [4.78, 5) is 47.1. The maximum Gasteiger partial charge on any atom is 0.481 e. The molecule has 4 heterocycles. The molecule has 2 aromatic rings. The molecular formula is C15H20N6O11P2. The maximum atomic E-state index is 12.1. The van der Waals surface area contributed by atoms with Crippen LogP contribution in [0, 0.1) is 0 Å².